The quantitative estimate of drug-likeness (QED) is 0.545. The van der Waals surface area contributed by atoms with E-state index in [0.717, 1.165) is 32.5 Å². The van der Waals surface area contributed by atoms with Crippen LogP contribution in [-0.4, -0.2) is 30.6 Å². The summed E-state index contributed by atoms with van der Waals surface area (Å²) in [5.41, 5.74) is 3.11. The second-order valence-corrected chi connectivity index (χ2v) is 6.86. The molecule has 2 heteroatoms. The predicted octanol–water partition coefficient (Wildman–Crippen LogP) is 4.02. The lowest BCUT2D eigenvalue weighted by Gasteiger charge is -2.22. The van der Waals surface area contributed by atoms with E-state index in [9.17, 15) is 0 Å². The molecule has 0 bridgehead atoms. The minimum absolute atomic E-state index is 0.191. The molecule has 0 radical (unpaired) electrons. The van der Waals surface area contributed by atoms with Crippen LogP contribution in [0.15, 0.2) is 36.9 Å². The van der Waals surface area contributed by atoms with Gasteiger partial charge in [-0.15, -0.1) is 6.58 Å². The van der Waals surface area contributed by atoms with E-state index in [4.69, 9.17) is 0 Å². The van der Waals surface area contributed by atoms with Gasteiger partial charge in [0.05, 0.1) is 0 Å². The number of hydrogen-bond acceptors (Lipinski definition) is 2. The summed E-state index contributed by atoms with van der Waals surface area (Å²) in [7, 11) is 2.20. The first-order chi connectivity index (χ1) is 9.92. The van der Waals surface area contributed by atoms with Gasteiger partial charge in [0, 0.05) is 12.1 Å². The molecule has 0 saturated heterocycles. The number of rotatable bonds is 9. The van der Waals surface area contributed by atoms with E-state index in [1.54, 1.807) is 0 Å². The highest BCUT2D eigenvalue weighted by Crippen LogP contribution is 2.12. The van der Waals surface area contributed by atoms with Crippen LogP contribution in [0.25, 0.3) is 0 Å². The first-order valence-electron chi connectivity index (χ1n) is 8.03. The molecule has 0 fully saturated rings. The molecule has 0 aliphatic rings. The molecular weight excluding hydrogens is 256 g/mol. The number of hydrogen-bond donors (Lipinski definition) is 1. The smallest absolute Gasteiger partial charge is 0.0233 e. The first-order valence-corrected chi connectivity index (χ1v) is 8.03. The number of benzene rings is 1. The lowest BCUT2D eigenvalue weighted by molar-refractivity contribution is 0.322. The van der Waals surface area contributed by atoms with Gasteiger partial charge in [-0.1, -0.05) is 30.3 Å². The fourth-order valence-electron chi connectivity index (χ4n) is 2.40. The molecule has 1 aromatic rings. The van der Waals surface area contributed by atoms with Gasteiger partial charge in [-0.25, -0.2) is 0 Å². The summed E-state index contributed by atoms with van der Waals surface area (Å²) in [6.07, 6.45) is 5.38. The number of nitrogens with zero attached hydrogens (tertiary/aromatic N) is 1. The third-order valence-corrected chi connectivity index (χ3v) is 3.56. The second-order valence-electron chi connectivity index (χ2n) is 6.86. The van der Waals surface area contributed by atoms with Gasteiger partial charge in [0.25, 0.3) is 0 Å². The molecule has 0 heterocycles. The standard InChI is InChI=1S/C19H32N2/c1-6-7-10-15-21(5)16-18-12-9-8-11-17(18)13-14-20-19(2,3)4/h6,8-9,11-12,20H,1,7,10,13-16H2,2-5H3. The Morgan fingerprint density at radius 2 is 1.86 bits per heavy atom. The van der Waals surface area contributed by atoms with Crippen molar-refractivity contribution >= 4 is 0 Å². The lowest BCUT2D eigenvalue weighted by atomic mass is 10.0. The molecule has 2 nitrogen and oxygen atoms in total. The Hall–Kier alpha value is -1.12. The van der Waals surface area contributed by atoms with Gasteiger partial charge >= 0.3 is 0 Å². The Morgan fingerprint density at radius 3 is 2.48 bits per heavy atom. The van der Waals surface area contributed by atoms with Gasteiger partial charge in [-0.05, 0) is 71.3 Å². The molecule has 0 aromatic heterocycles. The molecule has 0 amide bonds. The van der Waals surface area contributed by atoms with Crippen molar-refractivity contribution in [2.75, 3.05) is 20.1 Å². The Labute approximate surface area is 131 Å². The molecule has 118 valence electrons. The third-order valence-electron chi connectivity index (χ3n) is 3.56. The van der Waals surface area contributed by atoms with Crippen LogP contribution in [0.4, 0.5) is 0 Å². The van der Waals surface area contributed by atoms with E-state index in [-0.39, 0.29) is 5.54 Å². The Bertz CT molecular complexity index is 418. The highest BCUT2D eigenvalue weighted by Gasteiger charge is 2.09. The SMILES string of the molecule is C=CCCCN(C)Cc1ccccc1CCNC(C)(C)C. The van der Waals surface area contributed by atoms with Crippen LogP contribution < -0.4 is 5.32 Å². The number of nitrogens with one attached hydrogen (secondary N) is 1. The predicted molar refractivity (Wildman–Crippen MR) is 93.7 cm³/mol. The molecule has 0 saturated carbocycles. The van der Waals surface area contributed by atoms with Crippen LogP contribution in [0.1, 0.15) is 44.7 Å². The average Bonchev–Trinajstić information content (AvgIpc) is 2.39. The number of unbranched alkanes of at least 4 members (excludes halogenated alkanes) is 1. The van der Waals surface area contributed by atoms with Crippen molar-refractivity contribution < 1.29 is 0 Å². The highest BCUT2D eigenvalue weighted by molar-refractivity contribution is 5.27. The molecule has 1 N–H and O–H groups in total. The van der Waals surface area contributed by atoms with Crippen molar-refractivity contribution in [3.63, 3.8) is 0 Å². The summed E-state index contributed by atoms with van der Waals surface area (Å²) in [6, 6.07) is 8.81. The summed E-state index contributed by atoms with van der Waals surface area (Å²) in [6.45, 7) is 13.6. The normalized spacial score (nSPS) is 11.9. The van der Waals surface area contributed by atoms with Gasteiger partial charge in [-0.3, -0.25) is 0 Å². The largest absolute Gasteiger partial charge is 0.312 e. The number of allylic oxidation sites excluding steroid dienone is 1. The summed E-state index contributed by atoms with van der Waals surface area (Å²) in [4.78, 5) is 2.40. The summed E-state index contributed by atoms with van der Waals surface area (Å²) >= 11 is 0. The van der Waals surface area contributed by atoms with E-state index < -0.39 is 0 Å². The highest BCUT2D eigenvalue weighted by atomic mass is 15.1. The molecular formula is C19H32N2. The van der Waals surface area contributed by atoms with Crippen molar-refractivity contribution in [2.24, 2.45) is 0 Å². The maximum Gasteiger partial charge on any atom is 0.0233 e. The van der Waals surface area contributed by atoms with Crippen LogP contribution in [0.3, 0.4) is 0 Å². The molecule has 0 aliphatic carbocycles. The van der Waals surface area contributed by atoms with E-state index in [0.29, 0.717) is 0 Å². The molecule has 1 rings (SSSR count). The zero-order valence-corrected chi connectivity index (χ0v) is 14.3. The maximum atomic E-state index is 3.78. The second kappa shape index (κ2) is 9.01. The van der Waals surface area contributed by atoms with E-state index in [2.05, 4.69) is 68.9 Å². The van der Waals surface area contributed by atoms with Gasteiger partial charge in [0.15, 0.2) is 0 Å². The molecule has 0 spiro atoms. The molecule has 0 unspecified atom stereocenters. The van der Waals surface area contributed by atoms with Gasteiger partial charge < -0.3 is 10.2 Å². The minimum Gasteiger partial charge on any atom is -0.312 e. The zero-order chi connectivity index (χ0) is 15.7. The maximum absolute atomic E-state index is 3.78. The van der Waals surface area contributed by atoms with E-state index in [1.807, 2.05) is 6.08 Å². The summed E-state index contributed by atoms with van der Waals surface area (Å²) < 4.78 is 0. The van der Waals surface area contributed by atoms with Crippen LogP contribution in [0.5, 0.6) is 0 Å². The van der Waals surface area contributed by atoms with Crippen LogP contribution in [0.2, 0.25) is 0 Å². The minimum atomic E-state index is 0.191. The van der Waals surface area contributed by atoms with Gasteiger partial charge in [-0.2, -0.15) is 0 Å². The van der Waals surface area contributed by atoms with Crippen molar-refractivity contribution in [3.05, 3.63) is 48.0 Å². The molecule has 21 heavy (non-hydrogen) atoms. The summed E-state index contributed by atoms with van der Waals surface area (Å²) in [5, 5.41) is 3.57. The van der Waals surface area contributed by atoms with Crippen LogP contribution in [-0.2, 0) is 13.0 Å². The van der Waals surface area contributed by atoms with Gasteiger partial charge in [0.2, 0.25) is 0 Å². The molecule has 0 atom stereocenters. The van der Waals surface area contributed by atoms with Crippen molar-refractivity contribution in [2.45, 2.75) is 52.1 Å². The Morgan fingerprint density at radius 1 is 1.19 bits per heavy atom. The van der Waals surface area contributed by atoms with Crippen molar-refractivity contribution in [1.82, 2.24) is 10.2 Å². The first kappa shape index (κ1) is 17.9. The fourth-order valence-corrected chi connectivity index (χ4v) is 2.40. The average molecular weight is 288 g/mol. The monoisotopic (exact) mass is 288 g/mol. The fraction of sp³-hybridized carbons (Fsp3) is 0.579. The molecule has 1 aromatic carbocycles. The van der Waals surface area contributed by atoms with E-state index >= 15 is 0 Å². The molecule has 0 aliphatic heterocycles. The lowest BCUT2D eigenvalue weighted by Crippen LogP contribution is -2.37. The topological polar surface area (TPSA) is 15.3 Å². The third kappa shape index (κ3) is 8.03. The Balaban J connectivity index is 2.52. The zero-order valence-electron chi connectivity index (χ0n) is 14.3. The van der Waals surface area contributed by atoms with Crippen LogP contribution >= 0.6 is 0 Å². The summed E-state index contributed by atoms with van der Waals surface area (Å²) in [5.74, 6) is 0. The van der Waals surface area contributed by atoms with Crippen molar-refractivity contribution in [1.29, 1.82) is 0 Å². The van der Waals surface area contributed by atoms with Crippen molar-refractivity contribution in [3.8, 4) is 0 Å². The van der Waals surface area contributed by atoms with Gasteiger partial charge in [0.1, 0.15) is 0 Å². The Kier molecular flexibility index (Phi) is 7.69. The van der Waals surface area contributed by atoms with Crippen LogP contribution in [0, 0.1) is 0 Å². The van der Waals surface area contributed by atoms with E-state index in [1.165, 1.54) is 17.5 Å².